The SMILES string of the molecule is O=C1CC(c2nc(-c3cccc(F)c3)no2)CN1Cc1ccccc1. The van der Waals surface area contributed by atoms with E-state index in [1.165, 1.54) is 12.1 Å². The normalized spacial score (nSPS) is 17.2. The minimum absolute atomic E-state index is 0.0689. The van der Waals surface area contributed by atoms with Crippen LogP contribution >= 0.6 is 0 Å². The first-order valence-corrected chi connectivity index (χ1v) is 8.10. The molecule has 4 rings (SSSR count). The van der Waals surface area contributed by atoms with Crippen LogP contribution in [0.2, 0.25) is 0 Å². The fourth-order valence-corrected chi connectivity index (χ4v) is 3.04. The van der Waals surface area contributed by atoms with E-state index in [2.05, 4.69) is 10.1 Å². The summed E-state index contributed by atoms with van der Waals surface area (Å²) in [6.07, 6.45) is 0.345. The molecule has 5 nitrogen and oxygen atoms in total. The Bertz CT molecular complexity index is 894. The minimum Gasteiger partial charge on any atom is -0.339 e. The van der Waals surface area contributed by atoms with E-state index in [1.54, 1.807) is 17.0 Å². The highest BCUT2D eigenvalue weighted by molar-refractivity contribution is 5.79. The molecule has 0 radical (unpaired) electrons. The maximum Gasteiger partial charge on any atom is 0.232 e. The lowest BCUT2D eigenvalue weighted by molar-refractivity contribution is -0.128. The van der Waals surface area contributed by atoms with Crippen LogP contribution in [-0.4, -0.2) is 27.5 Å². The van der Waals surface area contributed by atoms with Crippen molar-refractivity contribution in [3.63, 3.8) is 0 Å². The Kier molecular flexibility index (Phi) is 4.01. The number of likely N-dealkylation sites (tertiary alicyclic amines) is 1. The molecule has 0 spiro atoms. The summed E-state index contributed by atoms with van der Waals surface area (Å²) >= 11 is 0. The van der Waals surface area contributed by atoms with Crippen molar-refractivity contribution in [1.82, 2.24) is 15.0 Å². The largest absolute Gasteiger partial charge is 0.339 e. The summed E-state index contributed by atoms with van der Waals surface area (Å²) in [4.78, 5) is 18.4. The Morgan fingerprint density at radius 2 is 2.00 bits per heavy atom. The number of hydrogen-bond donors (Lipinski definition) is 0. The number of carbonyl (C=O) groups excluding carboxylic acids is 1. The number of aromatic nitrogens is 2. The molecule has 126 valence electrons. The van der Waals surface area contributed by atoms with Gasteiger partial charge in [0.15, 0.2) is 0 Å². The Hall–Kier alpha value is -3.02. The van der Waals surface area contributed by atoms with E-state index in [4.69, 9.17) is 4.52 Å². The summed E-state index contributed by atoms with van der Waals surface area (Å²) in [5.41, 5.74) is 1.64. The van der Waals surface area contributed by atoms with Gasteiger partial charge < -0.3 is 9.42 Å². The lowest BCUT2D eigenvalue weighted by atomic mass is 10.1. The van der Waals surface area contributed by atoms with Gasteiger partial charge in [0.2, 0.25) is 17.6 Å². The van der Waals surface area contributed by atoms with Gasteiger partial charge in [-0.15, -0.1) is 0 Å². The van der Waals surface area contributed by atoms with E-state index in [1.807, 2.05) is 30.3 Å². The lowest BCUT2D eigenvalue weighted by Gasteiger charge is -2.15. The fourth-order valence-electron chi connectivity index (χ4n) is 3.04. The van der Waals surface area contributed by atoms with E-state index in [-0.39, 0.29) is 17.6 Å². The first kappa shape index (κ1) is 15.5. The zero-order valence-corrected chi connectivity index (χ0v) is 13.4. The second-order valence-corrected chi connectivity index (χ2v) is 6.13. The Balaban J connectivity index is 1.49. The topological polar surface area (TPSA) is 59.2 Å². The number of halogens is 1. The molecule has 6 heteroatoms. The summed E-state index contributed by atoms with van der Waals surface area (Å²) in [5.74, 6) is 0.339. The number of carbonyl (C=O) groups is 1. The van der Waals surface area contributed by atoms with E-state index in [0.717, 1.165) is 5.56 Å². The molecule has 25 heavy (non-hydrogen) atoms. The van der Waals surface area contributed by atoms with E-state index in [0.29, 0.717) is 36.8 Å². The van der Waals surface area contributed by atoms with Crippen LogP contribution in [0.1, 0.15) is 23.8 Å². The third-order valence-corrected chi connectivity index (χ3v) is 4.30. The maximum atomic E-state index is 13.3. The smallest absolute Gasteiger partial charge is 0.232 e. The molecule has 1 amide bonds. The molecule has 0 bridgehead atoms. The van der Waals surface area contributed by atoms with Gasteiger partial charge in [-0.1, -0.05) is 47.6 Å². The molecule has 0 saturated carbocycles. The summed E-state index contributed by atoms with van der Waals surface area (Å²) in [5, 5.41) is 3.92. The molecule has 1 aliphatic heterocycles. The van der Waals surface area contributed by atoms with Gasteiger partial charge in [0.25, 0.3) is 0 Å². The second kappa shape index (κ2) is 6.47. The second-order valence-electron chi connectivity index (χ2n) is 6.13. The molecule has 2 heterocycles. The van der Waals surface area contributed by atoms with Crippen LogP contribution in [0.4, 0.5) is 4.39 Å². The molecule has 1 aliphatic rings. The van der Waals surface area contributed by atoms with Crippen LogP contribution in [0, 0.1) is 5.82 Å². The molecular weight excluding hydrogens is 321 g/mol. The average molecular weight is 337 g/mol. The van der Waals surface area contributed by atoms with E-state index >= 15 is 0 Å². The van der Waals surface area contributed by atoms with E-state index < -0.39 is 0 Å². The van der Waals surface area contributed by atoms with Crippen LogP contribution in [0.3, 0.4) is 0 Å². The first-order valence-electron chi connectivity index (χ1n) is 8.10. The van der Waals surface area contributed by atoms with Crippen molar-refractivity contribution < 1.29 is 13.7 Å². The molecule has 3 aromatic rings. The van der Waals surface area contributed by atoms with Crippen LogP contribution in [0.15, 0.2) is 59.1 Å². The molecule has 0 aliphatic carbocycles. The maximum absolute atomic E-state index is 13.3. The van der Waals surface area contributed by atoms with Crippen LogP contribution in [0.25, 0.3) is 11.4 Å². The Labute approximate surface area is 144 Å². The van der Waals surface area contributed by atoms with Gasteiger partial charge in [-0.25, -0.2) is 4.39 Å². The third kappa shape index (κ3) is 3.28. The molecule has 1 aromatic heterocycles. The van der Waals surface area contributed by atoms with Crippen LogP contribution in [0.5, 0.6) is 0 Å². The van der Waals surface area contributed by atoms with E-state index in [9.17, 15) is 9.18 Å². The van der Waals surface area contributed by atoms with Crippen molar-refractivity contribution in [2.75, 3.05) is 6.54 Å². The summed E-state index contributed by atoms with van der Waals surface area (Å²) < 4.78 is 18.7. The van der Waals surface area contributed by atoms with Crippen molar-refractivity contribution in [3.8, 4) is 11.4 Å². The van der Waals surface area contributed by atoms with Crippen molar-refractivity contribution in [3.05, 3.63) is 71.9 Å². The van der Waals surface area contributed by atoms with Crippen LogP contribution < -0.4 is 0 Å². The van der Waals surface area contributed by atoms with Gasteiger partial charge in [0.05, 0.1) is 5.92 Å². The summed E-state index contributed by atoms with van der Waals surface area (Å²) in [6, 6.07) is 15.9. The van der Waals surface area contributed by atoms with Gasteiger partial charge in [-0.2, -0.15) is 4.98 Å². The predicted octanol–water partition coefficient (Wildman–Crippen LogP) is 3.39. The monoisotopic (exact) mass is 337 g/mol. The fraction of sp³-hybridized carbons (Fsp3) is 0.211. The highest BCUT2D eigenvalue weighted by Crippen LogP contribution is 2.29. The lowest BCUT2D eigenvalue weighted by Crippen LogP contribution is -2.24. The van der Waals surface area contributed by atoms with Gasteiger partial charge in [-0.3, -0.25) is 4.79 Å². The summed E-state index contributed by atoms with van der Waals surface area (Å²) in [6.45, 7) is 1.11. The van der Waals surface area contributed by atoms with Gasteiger partial charge >= 0.3 is 0 Å². The van der Waals surface area contributed by atoms with Crippen molar-refractivity contribution in [2.45, 2.75) is 18.9 Å². The van der Waals surface area contributed by atoms with Gasteiger partial charge in [0, 0.05) is 25.1 Å². The van der Waals surface area contributed by atoms with Crippen molar-refractivity contribution in [2.24, 2.45) is 0 Å². The number of amides is 1. The quantitative estimate of drug-likeness (QED) is 0.732. The molecule has 2 aromatic carbocycles. The third-order valence-electron chi connectivity index (χ3n) is 4.30. The highest BCUT2D eigenvalue weighted by atomic mass is 19.1. The molecule has 0 N–H and O–H groups in total. The number of hydrogen-bond acceptors (Lipinski definition) is 4. The average Bonchev–Trinajstić information content (AvgIpc) is 3.24. The predicted molar refractivity (Wildman–Crippen MR) is 88.9 cm³/mol. The molecule has 1 atom stereocenters. The van der Waals surface area contributed by atoms with Gasteiger partial charge in [-0.05, 0) is 17.7 Å². The Morgan fingerprint density at radius 3 is 2.80 bits per heavy atom. The highest BCUT2D eigenvalue weighted by Gasteiger charge is 2.34. The zero-order valence-electron chi connectivity index (χ0n) is 13.4. The zero-order chi connectivity index (χ0) is 17.2. The molecule has 1 fully saturated rings. The molecule has 1 saturated heterocycles. The molecular formula is C19H16FN3O2. The molecule has 1 unspecified atom stereocenters. The van der Waals surface area contributed by atoms with Crippen LogP contribution in [-0.2, 0) is 11.3 Å². The Morgan fingerprint density at radius 1 is 1.16 bits per heavy atom. The minimum atomic E-state index is -0.353. The first-order chi connectivity index (χ1) is 12.2. The summed E-state index contributed by atoms with van der Waals surface area (Å²) in [7, 11) is 0. The standard InChI is InChI=1S/C19H16FN3O2/c20-16-8-4-7-14(9-16)18-21-19(25-22-18)15-10-17(24)23(12-15)11-13-5-2-1-3-6-13/h1-9,15H,10-12H2. The van der Waals surface area contributed by atoms with Gasteiger partial charge in [0.1, 0.15) is 5.82 Å². The number of rotatable bonds is 4. The van der Waals surface area contributed by atoms with Crippen molar-refractivity contribution >= 4 is 5.91 Å². The number of nitrogens with zero attached hydrogens (tertiary/aromatic N) is 3. The van der Waals surface area contributed by atoms with Crippen molar-refractivity contribution in [1.29, 1.82) is 0 Å². The number of benzene rings is 2.